The Morgan fingerprint density at radius 3 is 2.18 bits per heavy atom. The molecule has 2 aliphatic carbocycles. The second-order valence-corrected chi connectivity index (χ2v) is 4.70. The minimum atomic E-state index is 0.992. The van der Waals surface area contributed by atoms with E-state index in [4.69, 9.17) is 0 Å². The van der Waals surface area contributed by atoms with Gasteiger partial charge in [-0.1, -0.05) is 19.1 Å². The third kappa shape index (κ3) is 1.50. The number of hydrogen-bond donors (Lipinski definition) is 0. The fourth-order valence-electron chi connectivity index (χ4n) is 3.13. The molecule has 2 fully saturated rings. The lowest BCUT2D eigenvalue weighted by molar-refractivity contribution is 0.177. The maximum atomic E-state index is 4.12. The molecule has 0 aliphatic heterocycles. The maximum absolute atomic E-state index is 4.12. The summed E-state index contributed by atoms with van der Waals surface area (Å²) in [5.41, 5.74) is 1.53. The molecule has 0 aromatic heterocycles. The average molecular weight is 150 g/mol. The molecule has 2 atom stereocenters. The molecule has 0 saturated heterocycles. The molecule has 2 bridgehead atoms. The fourth-order valence-corrected chi connectivity index (χ4v) is 3.13. The first-order valence-electron chi connectivity index (χ1n) is 4.90. The summed E-state index contributed by atoms with van der Waals surface area (Å²) < 4.78 is 0. The molecule has 62 valence electrons. The van der Waals surface area contributed by atoms with Crippen molar-refractivity contribution in [3.8, 4) is 0 Å². The molecule has 0 aromatic rings. The number of hydrogen-bond acceptors (Lipinski definition) is 0. The van der Waals surface area contributed by atoms with Crippen LogP contribution in [0, 0.1) is 17.8 Å². The first kappa shape index (κ1) is 7.39. The van der Waals surface area contributed by atoms with Crippen molar-refractivity contribution >= 4 is 0 Å². The van der Waals surface area contributed by atoms with Crippen LogP contribution >= 0.6 is 0 Å². The number of fused-ring (bicyclic) bond motifs is 2. The van der Waals surface area contributed by atoms with Gasteiger partial charge in [0.1, 0.15) is 0 Å². The zero-order valence-corrected chi connectivity index (χ0v) is 7.47. The van der Waals surface area contributed by atoms with Crippen LogP contribution in [0.3, 0.4) is 0 Å². The molecule has 0 radical (unpaired) electrons. The summed E-state index contributed by atoms with van der Waals surface area (Å²) in [4.78, 5) is 0. The van der Waals surface area contributed by atoms with E-state index in [1.54, 1.807) is 0 Å². The van der Waals surface area contributed by atoms with E-state index in [-0.39, 0.29) is 0 Å². The molecule has 0 spiro atoms. The van der Waals surface area contributed by atoms with Gasteiger partial charge in [-0.25, -0.2) is 0 Å². The highest BCUT2D eigenvalue weighted by Crippen LogP contribution is 2.43. The van der Waals surface area contributed by atoms with Gasteiger partial charge >= 0.3 is 0 Å². The second kappa shape index (κ2) is 2.66. The molecule has 0 heteroatoms. The zero-order valence-electron chi connectivity index (χ0n) is 7.47. The van der Waals surface area contributed by atoms with Crippen molar-refractivity contribution in [2.75, 3.05) is 0 Å². The normalized spacial score (nSPS) is 44.1. The smallest absolute Gasteiger partial charge is 0.0294 e. The Hall–Kier alpha value is -0.260. The van der Waals surface area contributed by atoms with E-state index in [1.807, 2.05) is 0 Å². The highest BCUT2D eigenvalue weighted by molar-refractivity contribution is 5.04. The quantitative estimate of drug-likeness (QED) is 0.464. The monoisotopic (exact) mass is 150 g/mol. The van der Waals surface area contributed by atoms with Crippen LogP contribution in [0.25, 0.3) is 0 Å². The molecule has 2 unspecified atom stereocenters. The number of rotatable bonds is 0. The Labute approximate surface area is 69.7 Å². The van der Waals surface area contributed by atoms with Crippen LogP contribution in [0.5, 0.6) is 0 Å². The van der Waals surface area contributed by atoms with Crippen molar-refractivity contribution in [1.29, 1.82) is 0 Å². The first-order chi connectivity index (χ1) is 5.24. The summed E-state index contributed by atoms with van der Waals surface area (Å²) in [6.45, 7) is 6.53. The van der Waals surface area contributed by atoms with Crippen molar-refractivity contribution in [2.45, 2.75) is 39.0 Å². The van der Waals surface area contributed by atoms with Gasteiger partial charge < -0.3 is 0 Å². The van der Waals surface area contributed by atoms with Crippen molar-refractivity contribution in [1.82, 2.24) is 0 Å². The molecule has 2 saturated carbocycles. The predicted molar refractivity (Wildman–Crippen MR) is 48.4 cm³/mol. The van der Waals surface area contributed by atoms with Crippen LogP contribution in [0.15, 0.2) is 12.2 Å². The molecule has 0 amide bonds. The van der Waals surface area contributed by atoms with Gasteiger partial charge in [0.05, 0.1) is 0 Å². The number of allylic oxidation sites excluding steroid dienone is 1. The summed E-state index contributed by atoms with van der Waals surface area (Å²) in [5.74, 6) is 3.00. The lowest BCUT2D eigenvalue weighted by atomic mass is 9.67. The molecule has 0 N–H and O–H groups in total. The van der Waals surface area contributed by atoms with Gasteiger partial charge in [0.2, 0.25) is 0 Å². The summed E-state index contributed by atoms with van der Waals surface area (Å²) in [7, 11) is 0. The Morgan fingerprint density at radius 2 is 1.64 bits per heavy atom. The van der Waals surface area contributed by atoms with E-state index >= 15 is 0 Å². The topological polar surface area (TPSA) is 0 Å². The SMILES string of the molecule is C=C1CC2CC(C)CC(C1)C2. The minimum Gasteiger partial charge on any atom is -0.0998 e. The lowest BCUT2D eigenvalue weighted by Crippen LogP contribution is -2.26. The zero-order chi connectivity index (χ0) is 7.84. The van der Waals surface area contributed by atoms with Crippen LogP contribution in [0.4, 0.5) is 0 Å². The van der Waals surface area contributed by atoms with E-state index in [0.29, 0.717) is 0 Å². The molecule has 11 heavy (non-hydrogen) atoms. The van der Waals surface area contributed by atoms with Crippen molar-refractivity contribution in [2.24, 2.45) is 17.8 Å². The summed E-state index contributed by atoms with van der Waals surface area (Å²) >= 11 is 0. The average Bonchev–Trinajstić information content (AvgIpc) is 1.82. The van der Waals surface area contributed by atoms with E-state index in [0.717, 1.165) is 17.8 Å². The second-order valence-electron chi connectivity index (χ2n) is 4.70. The molecular formula is C11H18. The third-order valence-corrected chi connectivity index (χ3v) is 3.29. The third-order valence-electron chi connectivity index (χ3n) is 3.29. The van der Waals surface area contributed by atoms with E-state index in [2.05, 4.69) is 13.5 Å². The fraction of sp³-hybridized carbons (Fsp3) is 0.818. The maximum Gasteiger partial charge on any atom is -0.0294 e. The van der Waals surface area contributed by atoms with Gasteiger partial charge in [-0.2, -0.15) is 0 Å². The molecule has 2 rings (SSSR count). The van der Waals surface area contributed by atoms with Gasteiger partial charge in [-0.3, -0.25) is 0 Å². The molecule has 0 nitrogen and oxygen atoms in total. The van der Waals surface area contributed by atoms with Crippen LogP contribution in [-0.2, 0) is 0 Å². The van der Waals surface area contributed by atoms with Gasteiger partial charge in [-0.05, 0) is 49.9 Å². The minimum absolute atomic E-state index is 0.992. The van der Waals surface area contributed by atoms with Crippen LogP contribution in [0.1, 0.15) is 39.0 Å². The van der Waals surface area contributed by atoms with Crippen molar-refractivity contribution in [3.05, 3.63) is 12.2 Å². The molecular weight excluding hydrogens is 132 g/mol. The van der Waals surface area contributed by atoms with Gasteiger partial charge in [-0.15, -0.1) is 0 Å². The Kier molecular flexibility index (Phi) is 1.78. The van der Waals surface area contributed by atoms with Crippen molar-refractivity contribution < 1.29 is 0 Å². The van der Waals surface area contributed by atoms with Gasteiger partial charge in [0, 0.05) is 0 Å². The summed E-state index contributed by atoms with van der Waals surface area (Å²) in [6.07, 6.45) is 7.11. The van der Waals surface area contributed by atoms with Crippen LogP contribution in [-0.4, -0.2) is 0 Å². The van der Waals surface area contributed by atoms with E-state index in [9.17, 15) is 0 Å². The predicted octanol–water partition coefficient (Wildman–Crippen LogP) is 3.39. The molecule has 2 aliphatic rings. The van der Waals surface area contributed by atoms with Gasteiger partial charge in [0.25, 0.3) is 0 Å². The standard InChI is InChI=1S/C11H18/c1-8-3-10-5-9(2)6-11(4-8)7-10/h9-11H,1,3-7H2,2H3. The summed E-state index contributed by atoms with van der Waals surface area (Å²) in [5, 5.41) is 0. The Balaban J connectivity index is 2.05. The van der Waals surface area contributed by atoms with Crippen molar-refractivity contribution in [3.63, 3.8) is 0 Å². The largest absolute Gasteiger partial charge is 0.0998 e. The Morgan fingerprint density at radius 1 is 1.09 bits per heavy atom. The lowest BCUT2D eigenvalue weighted by Gasteiger charge is -2.38. The first-order valence-corrected chi connectivity index (χ1v) is 4.90. The molecule has 0 aromatic carbocycles. The van der Waals surface area contributed by atoms with Crippen LogP contribution < -0.4 is 0 Å². The van der Waals surface area contributed by atoms with E-state index in [1.165, 1.54) is 37.7 Å². The van der Waals surface area contributed by atoms with Crippen LogP contribution in [0.2, 0.25) is 0 Å². The Bertz CT molecular complexity index is 149. The van der Waals surface area contributed by atoms with E-state index < -0.39 is 0 Å². The molecule has 0 heterocycles. The highest BCUT2D eigenvalue weighted by atomic mass is 14.4. The van der Waals surface area contributed by atoms with Gasteiger partial charge in [0.15, 0.2) is 0 Å². The summed E-state index contributed by atoms with van der Waals surface area (Å²) in [6, 6.07) is 0. The highest BCUT2D eigenvalue weighted by Gasteiger charge is 2.30.